The highest BCUT2D eigenvalue weighted by Crippen LogP contribution is 2.27. The van der Waals surface area contributed by atoms with Gasteiger partial charge in [-0.3, -0.25) is 0 Å². The molecule has 0 fully saturated rings. The topological polar surface area (TPSA) is 41.8 Å². The summed E-state index contributed by atoms with van der Waals surface area (Å²) in [6.07, 6.45) is 1.04. The van der Waals surface area contributed by atoms with Crippen molar-refractivity contribution < 1.29 is 0 Å². The van der Waals surface area contributed by atoms with Crippen LogP contribution in [0.15, 0.2) is 12.1 Å². The highest BCUT2D eigenvalue weighted by Gasteiger charge is 2.08. The SMILES string of the molecule is CCc1[nH]c2c(C)cc(N)cc2c1C. The predicted octanol–water partition coefficient (Wildman–Crippen LogP) is 2.93. The van der Waals surface area contributed by atoms with E-state index in [1.807, 2.05) is 12.1 Å². The van der Waals surface area contributed by atoms with Crippen LogP contribution in [0.3, 0.4) is 0 Å². The number of aryl methyl sites for hydroxylation is 3. The van der Waals surface area contributed by atoms with Gasteiger partial charge in [-0.2, -0.15) is 0 Å². The fourth-order valence-electron chi connectivity index (χ4n) is 2.04. The van der Waals surface area contributed by atoms with Crippen LogP contribution in [0.4, 0.5) is 5.69 Å². The van der Waals surface area contributed by atoms with Crippen LogP contribution in [0.5, 0.6) is 0 Å². The molecule has 1 heterocycles. The summed E-state index contributed by atoms with van der Waals surface area (Å²) < 4.78 is 0. The molecule has 2 nitrogen and oxygen atoms in total. The zero-order valence-corrected chi connectivity index (χ0v) is 8.94. The second-order valence-electron chi connectivity index (χ2n) is 3.84. The molecule has 1 aromatic heterocycles. The van der Waals surface area contributed by atoms with Crippen molar-refractivity contribution in [3.05, 3.63) is 29.0 Å². The van der Waals surface area contributed by atoms with Crippen LogP contribution < -0.4 is 5.73 Å². The normalized spacial score (nSPS) is 11.1. The first kappa shape index (κ1) is 9.13. The lowest BCUT2D eigenvalue weighted by atomic mass is 10.1. The molecule has 2 aromatic rings. The molecule has 0 bridgehead atoms. The summed E-state index contributed by atoms with van der Waals surface area (Å²) in [4.78, 5) is 3.45. The Hall–Kier alpha value is -1.44. The monoisotopic (exact) mass is 188 g/mol. The number of anilines is 1. The molecule has 0 atom stereocenters. The summed E-state index contributed by atoms with van der Waals surface area (Å²) >= 11 is 0. The summed E-state index contributed by atoms with van der Waals surface area (Å²) in [5, 5.41) is 1.26. The Morgan fingerprint density at radius 2 is 2.00 bits per heavy atom. The minimum atomic E-state index is 0.847. The minimum absolute atomic E-state index is 0.847. The van der Waals surface area contributed by atoms with E-state index in [1.54, 1.807) is 0 Å². The van der Waals surface area contributed by atoms with Crippen molar-refractivity contribution in [2.24, 2.45) is 0 Å². The van der Waals surface area contributed by atoms with Gasteiger partial charge in [0.1, 0.15) is 0 Å². The third kappa shape index (κ3) is 1.18. The molecular formula is C12H16N2. The highest BCUT2D eigenvalue weighted by atomic mass is 14.7. The number of nitrogens with two attached hydrogens (primary N) is 1. The van der Waals surface area contributed by atoms with Gasteiger partial charge in [0.15, 0.2) is 0 Å². The number of hydrogen-bond acceptors (Lipinski definition) is 1. The highest BCUT2D eigenvalue weighted by molar-refractivity contribution is 5.89. The average molecular weight is 188 g/mol. The number of nitrogen functional groups attached to an aromatic ring is 1. The van der Waals surface area contributed by atoms with Gasteiger partial charge in [-0.05, 0) is 43.5 Å². The maximum Gasteiger partial charge on any atom is 0.0490 e. The third-order valence-corrected chi connectivity index (χ3v) is 2.84. The van der Waals surface area contributed by atoms with Crippen LogP contribution in [0, 0.1) is 13.8 Å². The molecular weight excluding hydrogens is 172 g/mol. The van der Waals surface area contributed by atoms with Crippen molar-refractivity contribution in [1.29, 1.82) is 0 Å². The third-order valence-electron chi connectivity index (χ3n) is 2.84. The van der Waals surface area contributed by atoms with Crippen LogP contribution in [-0.2, 0) is 6.42 Å². The van der Waals surface area contributed by atoms with Gasteiger partial charge in [-0.1, -0.05) is 6.92 Å². The molecule has 74 valence electrons. The molecule has 0 aliphatic rings. The molecule has 0 radical (unpaired) electrons. The molecule has 3 N–H and O–H groups in total. The van der Waals surface area contributed by atoms with Gasteiger partial charge in [0, 0.05) is 22.3 Å². The van der Waals surface area contributed by atoms with Gasteiger partial charge in [0.2, 0.25) is 0 Å². The Morgan fingerprint density at radius 3 is 2.64 bits per heavy atom. The second-order valence-corrected chi connectivity index (χ2v) is 3.84. The van der Waals surface area contributed by atoms with Crippen LogP contribution >= 0.6 is 0 Å². The fraction of sp³-hybridized carbons (Fsp3) is 0.333. The average Bonchev–Trinajstić information content (AvgIpc) is 2.44. The van der Waals surface area contributed by atoms with E-state index < -0.39 is 0 Å². The van der Waals surface area contributed by atoms with E-state index in [0.29, 0.717) is 0 Å². The summed E-state index contributed by atoms with van der Waals surface area (Å²) in [5.41, 5.74) is 11.8. The Morgan fingerprint density at radius 1 is 1.29 bits per heavy atom. The number of aromatic nitrogens is 1. The van der Waals surface area contributed by atoms with Crippen LogP contribution in [-0.4, -0.2) is 4.98 Å². The Balaban J connectivity index is 2.85. The first-order valence-electron chi connectivity index (χ1n) is 5.00. The lowest BCUT2D eigenvalue weighted by Crippen LogP contribution is -1.86. The summed E-state index contributed by atoms with van der Waals surface area (Å²) in [6.45, 7) is 6.40. The van der Waals surface area contributed by atoms with Crippen molar-refractivity contribution >= 4 is 16.6 Å². The molecule has 2 rings (SSSR count). The zero-order valence-electron chi connectivity index (χ0n) is 8.94. The second kappa shape index (κ2) is 3.05. The number of fused-ring (bicyclic) bond motifs is 1. The lowest BCUT2D eigenvalue weighted by Gasteiger charge is -1.99. The first-order chi connectivity index (χ1) is 6.63. The quantitative estimate of drug-likeness (QED) is 0.664. The van der Waals surface area contributed by atoms with Gasteiger partial charge in [0.25, 0.3) is 0 Å². The maximum absolute atomic E-state index is 5.83. The molecule has 0 saturated heterocycles. The minimum Gasteiger partial charge on any atom is -0.399 e. The number of aromatic amines is 1. The van der Waals surface area contributed by atoms with Crippen molar-refractivity contribution in [2.75, 3.05) is 5.73 Å². The molecule has 0 aliphatic heterocycles. The summed E-state index contributed by atoms with van der Waals surface area (Å²) in [6, 6.07) is 4.06. The van der Waals surface area contributed by atoms with Gasteiger partial charge < -0.3 is 10.7 Å². The zero-order chi connectivity index (χ0) is 10.3. The number of benzene rings is 1. The van der Waals surface area contributed by atoms with E-state index in [9.17, 15) is 0 Å². The Bertz CT molecular complexity index is 481. The number of nitrogens with one attached hydrogen (secondary N) is 1. The summed E-state index contributed by atoms with van der Waals surface area (Å²) in [7, 11) is 0. The van der Waals surface area contributed by atoms with Crippen LogP contribution in [0.1, 0.15) is 23.7 Å². The van der Waals surface area contributed by atoms with Gasteiger partial charge >= 0.3 is 0 Å². The first-order valence-corrected chi connectivity index (χ1v) is 5.00. The van der Waals surface area contributed by atoms with E-state index >= 15 is 0 Å². The molecule has 0 aliphatic carbocycles. The molecule has 0 spiro atoms. The summed E-state index contributed by atoms with van der Waals surface area (Å²) in [5.74, 6) is 0. The molecule has 0 unspecified atom stereocenters. The standard InChI is InChI=1S/C12H16N2/c1-4-11-8(3)10-6-9(13)5-7(2)12(10)14-11/h5-6,14H,4,13H2,1-3H3. The number of hydrogen-bond donors (Lipinski definition) is 2. The fourth-order valence-corrected chi connectivity index (χ4v) is 2.04. The molecule has 1 aromatic carbocycles. The Labute approximate surface area is 84.1 Å². The van der Waals surface area contributed by atoms with Crippen LogP contribution in [0.2, 0.25) is 0 Å². The van der Waals surface area contributed by atoms with Crippen molar-refractivity contribution in [1.82, 2.24) is 4.98 Å². The van der Waals surface area contributed by atoms with E-state index in [0.717, 1.165) is 12.1 Å². The van der Waals surface area contributed by atoms with Gasteiger partial charge in [-0.15, -0.1) is 0 Å². The molecule has 0 saturated carbocycles. The van der Waals surface area contributed by atoms with Crippen molar-refractivity contribution in [3.8, 4) is 0 Å². The lowest BCUT2D eigenvalue weighted by molar-refractivity contribution is 1.05. The smallest absolute Gasteiger partial charge is 0.0490 e. The van der Waals surface area contributed by atoms with E-state index in [4.69, 9.17) is 5.73 Å². The predicted molar refractivity (Wildman–Crippen MR) is 61.6 cm³/mol. The van der Waals surface area contributed by atoms with Crippen LogP contribution in [0.25, 0.3) is 10.9 Å². The molecule has 2 heteroatoms. The molecule has 14 heavy (non-hydrogen) atoms. The van der Waals surface area contributed by atoms with E-state index in [1.165, 1.54) is 27.7 Å². The van der Waals surface area contributed by atoms with E-state index in [-0.39, 0.29) is 0 Å². The van der Waals surface area contributed by atoms with Gasteiger partial charge in [0.05, 0.1) is 0 Å². The van der Waals surface area contributed by atoms with Crippen molar-refractivity contribution in [3.63, 3.8) is 0 Å². The number of H-pyrrole nitrogens is 1. The maximum atomic E-state index is 5.83. The largest absolute Gasteiger partial charge is 0.399 e. The van der Waals surface area contributed by atoms with Gasteiger partial charge in [-0.25, -0.2) is 0 Å². The Kier molecular flexibility index (Phi) is 1.99. The van der Waals surface area contributed by atoms with Crippen molar-refractivity contribution in [2.45, 2.75) is 27.2 Å². The van der Waals surface area contributed by atoms with E-state index in [2.05, 4.69) is 25.8 Å². The number of rotatable bonds is 1. The molecule has 0 amide bonds.